The molecule has 0 aliphatic heterocycles. The molecule has 0 fully saturated rings. The van der Waals surface area contributed by atoms with Crippen molar-refractivity contribution in [1.29, 1.82) is 0 Å². The molecule has 1 unspecified atom stereocenters. The van der Waals surface area contributed by atoms with E-state index in [2.05, 4.69) is 29.6 Å². The Kier molecular flexibility index (Phi) is 4.47. The summed E-state index contributed by atoms with van der Waals surface area (Å²) in [5.74, 6) is 5.90. The van der Waals surface area contributed by atoms with Crippen molar-refractivity contribution in [2.24, 2.45) is 5.84 Å². The quantitative estimate of drug-likeness (QED) is 0.479. The van der Waals surface area contributed by atoms with Crippen LogP contribution in [-0.2, 0) is 6.54 Å². The van der Waals surface area contributed by atoms with Crippen LogP contribution in [0.5, 0.6) is 0 Å². The molecule has 3 nitrogen and oxygen atoms in total. The van der Waals surface area contributed by atoms with Crippen molar-refractivity contribution < 1.29 is 0 Å². The molecule has 2 aromatic rings. The minimum Gasteiger partial charge on any atom is -0.293 e. The first kappa shape index (κ1) is 12.8. The zero-order chi connectivity index (χ0) is 12.8. The molecule has 3 N–H and O–H groups in total. The lowest BCUT2D eigenvalue weighted by Gasteiger charge is -2.25. The van der Waals surface area contributed by atoms with Gasteiger partial charge >= 0.3 is 0 Å². The van der Waals surface area contributed by atoms with Crippen molar-refractivity contribution in [1.82, 2.24) is 10.3 Å². The van der Waals surface area contributed by atoms with Crippen LogP contribution >= 0.6 is 0 Å². The molecule has 0 heterocycles. The van der Waals surface area contributed by atoms with Crippen LogP contribution in [0, 0.1) is 0 Å². The molecule has 0 spiro atoms. The Labute approximate surface area is 108 Å². The second-order valence-corrected chi connectivity index (χ2v) is 4.35. The highest BCUT2D eigenvalue weighted by molar-refractivity contribution is 5.19. The molecule has 3 heteroatoms. The molecule has 0 aliphatic rings. The third-order valence-corrected chi connectivity index (χ3v) is 2.86. The van der Waals surface area contributed by atoms with E-state index in [9.17, 15) is 0 Å². The van der Waals surface area contributed by atoms with E-state index >= 15 is 0 Å². The predicted octanol–water partition coefficient (Wildman–Crippen LogP) is 2.28. The molecule has 2 aromatic carbocycles. The Bertz CT molecular complexity index is 454. The van der Waals surface area contributed by atoms with Gasteiger partial charge in [0, 0.05) is 13.6 Å². The summed E-state index contributed by atoms with van der Waals surface area (Å²) in [6.45, 7) is 0.794. The van der Waals surface area contributed by atoms with Crippen LogP contribution < -0.4 is 11.2 Å². The van der Waals surface area contributed by atoms with Crippen LogP contribution in [0.15, 0.2) is 60.7 Å². The van der Waals surface area contributed by atoms with E-state index in [1.165, 1.54) is 11.1 Å². The lowest BCUT2D eigenvalue weighted by Crippen LogP contribution is -2.39. The second kappa shape index (κ2) is 6.31. The summed E-state index contributed by atoms with van der Waals surface area (Å²) in [6.07, 6.45) is 0.0198. The number of nitrogens with two attached hydrogens (primary N) is 1. The molecule has 2 rings (SSSR count). The second-order valence-electron chi connectivity index (χ2n) is 4.35. The molecule has 0 amide bonds. The molecule has 18 heavy (non-hydrogen) atoms. The van der Waals surface area contributed by atoms with Gasteiger partial charge in [-0.2, -0.15) is 0 Å². The van der Waals surface area contributed by atoms with Gasteiger partial charge in [-0.1, -0.05) is 60.7 Å². The number of rotatable bonds is 5. The molecule has 0 aliphatic carbocycles. The van der Waals surface area contributed by atoms with Crippen LogP contribution in [-0.4, -0.2) is 12.1 Å². The monoisotopic (exact) mass is 241 g/mol. The highest BCUT2D eigenvalue weighted by atomic mass is 15.4. The summed E-state index contributed by atoms with van der Waals surface area (Å²) in [7, 11) is 1.87. The Balaban J connectivity index is 2.04. The predicted molar refractivity (Wildman–Crippen MR) is 74.4 cm³/mol. The highest BCUT2D eigenvalue weighted by Gasteiger charge is 2.12. The maximum absolute atomic E-state index is 5.90. The molecule has 0 saturated heterocycles. The summed E-state index contributed by atoms with van der Waals surface area (Å²) in [4.78, 5) is 0. The zero-order valence-electron chi connectivity index (χ0n) is 10.6. The van der Waals surface area contributed by atoms with Crippen molar-refractivity contribution in [3.05, 3.63) is 71.8 Å². The minimum absolute atomic E-state index is 0.0198. The lowest BCUT2D eigenvalue weighted by atomic mass is 10.1. The van der Waals surface area contributed by atoms with E-state index in [-0.39, 0.29) is 6.17 Å². The summed E-state index contributed by atoms with van der Waals surface area (Å²) >= 11 is 0. The molecule has 0 bridgehead atoms. The van der Waals surface area contributed by atoms with Gasteiger partial charge in [-0.15, -0.1) is 0 Å². The smallest absolute Gasteiger partial charge is 0.0989 e. The van der Waals surface area contributed by atoms with Gasteiger partial charge in [0.1, 0.15) is 0 Å². The normalized spacial score (nSPS) is 12.6. The molecule has 94 valence electrons. The molecular weight excluding hydrogens is 222 g/mol. The van der Waals surface area contributed by atoms with Gasteiger partial charge in [0.15, 0.2) is 0 Å². The summed E-state index contributed by atoms with van der Waals surface area (Å²) in [6, 6.07) is 20.5. The van der Waals surface area contributed by atoms with Crippen molar-refractivity contribution in [3.63, 3.8) is 0 Å². The van der Waals surface area contributed by atoms with E-state index in [4.69, 9.17) is 5.84 Å². The first-order valence-electron chi connectivity index (χ1n) is 6.07. The first-order chi connectivity index (χ1) is 8.77. The number of hydrazine groups is 1. The van der Waals surface area contributed by atoms with Crippen molar-refractivity contribution >= 4 is 0 Å². The zero-order valence-corrected chi connectivity index (χ0v) is 10.6. The third kappa shape index (κ3) is 3.40. The van der Waals surface area contributed by atoms with Gasteiger partial charge in [-0.25, -0.2) is 5.01 Å². The molecule has 1 atom stereocenters. The molecule has 0 saturated carbocycles. The van der Waals surface area contributed by atoms with Gasteiger partial charge in [0.2, 0.25) is 0 Å². The Morgan fingerprint density at radius 3 is 2.11 bits per heavy atom. The number of benzene rings is 2. The first-order valence-corrected chi connectivity index (χ1v) is 6.07. The van der Waals surface area contributed by atoms with Gasteiger partial charge in [-0.05, 0) is 11.1 Å². The SMILES string of the molecule is CN(N)C(NCc1ccccc1)c1ccccc1. The standard InChI is InChI=1S/C15H19N3/c1-18(16)15(14-10-6-3-7-11-14)17-12-13-8-4-2-5-9-13/h2-11,15,17H,12,16H2,1H3. The summed E-state index contributed by atoms with van der Waals surface area (Å²) < 4.78 is 0. The number of nitrogens with zero attached hydrogens (tertiary/aromatic N) is 1. The van der Waals surface area contributed by atoms with Crippen LogP contribution in [0.4, 0.5) is 0 Å². The van der Waals surface area contributed by atoms with Gasteiger partial charge in [0.25, 0.3) is 0 Å². The van der Waals surface area contributed by atoms with E-state index in [1.54, 1.807) is 5.01 Å². The lowest BCUT2D eigenvalue weighted by molar-refractivity contribution is 0.209. The molecule has 0 aromatic heterocycles. The van der Waals surface area contributed by atoms with E-state index in [1.807, 2.05) is 43.4 Å². The minimum atomic E-state index is 0.0198. The van der Waals surface area contributed by atoms with Gasteiger partial charge in [-0.3, -0.25) is 11.2 Å². The summed E-state index contributed by atoms with van der Waals surface area (Å²) in [5, 5.41) is 5.15. The fourth-order valence-electron chi connectivity index (χ4n) is 1.94. The van der Waals surface area contributed by atoms with Crippen LogP contribution in [0.1, 0.15) is 17.3 Å². The number of nitrogens with one attached hydrogen (secondary N) is 1. The van der Waals surface area contributed by atoms with Crippen LogP contribution in [0.3, 0.4) is 0 Å². The average Bonchev–Trinajstić information content (AvgIpc) is 2.41. The Morgan fingerprint density at radius 2 is 1.56 bits per heavy atom. The Hall–Kier alpha value is -1.68. The topological polar surface area (TPSA) is 41.3 Å². The maximum Gasteiger partial charge on any atom is 0.0989 e. The van der Waals surface area contributed by atoms with Crippen molar-refractivity contribution in [2.75, 3.05) is 7.05 Å². The van der Waals surface area contributed by atoms with Crippen LogP contribution in [0.25, 0.3) is 0 Å². The number of hydrogen-bond acceptors (Lipinski definition) is 3. The van der Waals surface area contributed by atoms with E-state index < -0.39 is 0 Å². The summed E-state index contributed by atoms with van der Waals surface area (Å²) in [5.41, 5.74) is 2.42. The molecule has 0 radical (unpaired) electrons. The average molecular weight is 241 g/mol. The Morgan fingerprint density at radius 1 is 1.00 bits per heavy atom. The molecular formula is C15H19N3. The van der Waals surface area contributed by atoms with Crippen molar-refractivity contribution in [3.8, 4) is 0 Å². The number of hydrogen-bond donors (Lipinski definition) is 2. The maximum atomic E-state index is 5.90. The van der Waals surface area contributed by atoms with Crippen molar-refractivity contribution in [2.45, 2.75) is 12.7 Å². The van der Waals surface area contributed by atoms with Crippen LogP contribution in [0.2, 0.25) is 0 Å². The van der Waals surface area contributed by atoms with Gasteiger partial charge < -0.3 is 0 Å². The third-order valence-electron chi connectivity index (χ3n) is 2.86. The van der Waals surface area contributed by atoms with E-state index in [0.717, 1.165) is 6.54 Å². The highest BCUT2D eigenvalue weighted by Crippen LogP contribution is 2.14. The van der Waals surface area contributed by atoms with E-state index in [0.29, 0.717) is 0 Å². The fourth-order valence-corrected chi connectivity index (χ4v) is 1.94. The fraction of sp³-hybridized carbons (Fsp3) is 0.200. The van der Waals surface area contributed by atoms with Gasteiger partial charge in [0.05, 0.1) is 6.17 Å². The largest absolute Gasteiger partial charge is 0.293 e.